The lowest BCUT2D eigenvalue weighted by Gasteiger charge is -2.30. The van der Waals surface area contributed by atoms with E-state index in [9.17, 15) is 18.3 Å². The number of amides is 1. The number of phenols is 1. The number of fused-ring (bicyclic) bond motifs is 1. The Morgan fingerprint density at radius 3 is 2.55 bits per heavy atom. The first-order chi connectivity index (χ1) is 13.9. The lowest BCUT2D eigenvalue weighted by Crippen LogP contribution is -2.42. The van der Waals surface area contributed by atoms with Crippen molar-refractivity contribution >= 4 is 15.9 Å². The lowest BCUT2D eigenvalue weighted by molar-refractivity contribution is -0.126. The van der Waals surface area contributed by atoms with E-state index < -0.39 is 10.0 Å². The summed E-state index contributed by atoms with van der Waals surface area (Å²) < 4.78 is 27.5. The number of hydrogen-bond acceptors (Lipinski definition) is 4. The van der Waals surface area contributed by atoms with Crippen molar-refractivity contribution in [1.82, 2.24) is 9.62 Å². The van der Waals surface area contributed by atoms with Gasteiger partial charge in [-0.05, 0) is 61.4 Å². The van der Waals surface area contributed by atoms with Crippen LogP contribution < -0.4 is 5.32 Å². The first-order valence-corrected chi connectivity index (χ1v) is 11.6. The van der Waals surface area contributed by atoms with Crippen LogP contribution in [-0.2, 0) is 34.2 Å². The maximum atomic E-state index is 13.0. The Kier molecular flexibility index (Phi) is 5.61. The molecule has 2 aliphatic rings. The van der Waals surface area contributed by atoms with Crippen LogP contribution in [0.2, 0.25) is 0 Å². The molecule has 1 aliphatic carbocycles. The molecule has 7 heteroatoms. The quantitative estimate of drug-likeness (QED) is 0.787. The highest BCUT2D eigenvalue weighted by Gasteiger charge is 2.32. The van der Waals surface area contributed by atoms with Crippen LogP contribution in [0.1, 0.15) is 36.0 Å². The van der Waals surface area contributed by atoms with E-state index in [0.29, 0.717) is 36.4 Å². The SMILES string of the molecule is O=C(NCc1ccccc1O)C1CCN(S(=O)(=O)c2ccc3c(c2)CCC3)CC1. The van der Waals surface area contributed by atoms with Gasteiger partial charge in [-0.2, -0.15) is 4.31 Å². The van der Waals surface area contributed by atoms with Crippen molar-refractivity contribution in [2.24, 2.45) is 5.92 Å². The van der Waals surface area contributed by atoms with Crippen molar-refractivity contribution in [3.8, 4) is 5.75 Å². The molecule has 154 valence electrons. The van der Waals surface area contributed by atoms with Gasteiger partial charge >= 0.3 is 0 Å². The Morgan fingerprint density at radius 1 is 1.07 bits per heavy atom. The molecule has 0 radical (unpaired) electrons. The normalized spacial score (nSPS) is 17.8. The Hall–Kier alpha value is -2.38. The number of piperidine rings is 1. The van der Waals surface area contributed by atoms with Crippen LogP contribution in [-0.4, -0.2) is 36.8 Å². The molecule has 2 aromatic rings. The fraction of sp³-hybridized carbons (Fsp3) is 0.409. The number of aryl methyl sites for hydroxylation is 2. The molecule has 6 nitrogen and oxygen atoms in total. The van der Waals surface area contributed by atoms with Gasteiger partial charge in [-0.15, -0.1) is 0 Å². The van der Waals surface area contributed by atoms with E-state index in [1.165, 1.54) is 9.87 Å². The lowest BCUT2D eigenvalue weighted by atomic mass is 9.97. The zero-order valence-electron chi connectivity index (χ0n) is 16.3. The fourth-order valence-electron chi connectivity index (χ4n) is 4.20. The highest BCUT2D eigenvalue weighted by Crippen LogP contribution is 2.28. The Balaban J connectivity index is 1.35. The zero-order valence-corrected chi connectivity index (χ0v) is 17.1. The van der Waals surface area contributed by atoms with E-state index in [0.717, 1.165) is 24.8 Å². The van der Waals surface area contributed by atoms with Gasteiger partial charge < -0.3 is 10.4 Å². The van der Waals surface area contributed by atoms with Gasteiger partial charge in [0.15, 0.2) is 0 Å². The number of aromatic hydroxyl groups is 1. The molecule has 29 heavy (non-hydrogen) atoms. The van der Waals surface area contributed by atoms with Crippen LogP contribution in [0, 0.1) is 5.92 Å². The highest BCUT2D eigenvalue weighted by molar-refractivity contribution is 7.89. The van der Waals surface area contributed by atoms with Crippen LogP contribution in [0.15, 0.2) is 47.4 Å². The summed E-state index contributed by atoms with van der Waals surface area (Å²) in [4.78, 5) is 12.8. The molecule has 0 bridgehead atoms. The van der Waals surface area contributed by atoms with Gasteiger partial charge in [0.25, 0.3) is 0 Å². The molecule has 1 saturated heterocycles. The molecular formula is C22H26N2O4S. The molecule has 0 unspecified atom stereocenters. The van der Waals surface area contributed by atoms with E-state index in [4.69, 9.17) is 0 Å². The summed E-state index contributed by atoms with van der Waals surface area (Å²) >= 11 is 0. The van der Waals surface area contributed by atoms with Gasteiger partial charge in [0.2, 0.25) is 15.9 Å². The van der Waals surface area contributed by atoms with Gasteiger partial charge in [0, 0.05) is 31.1 Å². The summed E-state index contributed by atoms with van der Waals surface area (Å²) in [6.45, 7) is 0.946. The molecule has 1 amide bonds. The Bertz CT molecular complexity index is 1010. The third kappa shape index (κ3) is 4.16. The minimum absolute atomic E-state index is 0.0946. The number of nitrogens with one attached hydrogen (secondary N) is 1. The molecular weight excluding hydrogens is 388 g/mol. The Labute approximate surface area is 171 Å². The summed E-state index contributed by atoms with van der Waals surface area (Å²) in [7, 11) is -3.53. The molecule has 0 aromatic heterocycles. The van der Waals surface area contributed by atoms with Crippen molar-refractivity contribution in [2.45, 2.75) is 43.5 Å². The number of hydrogen-bond donors (Lipinski definition) is 2. The van der Waals surface area contributed by atoms with Crippen molar-refractivity contribution in [3.63, 3.8) is 0 Å². The minimum atomic E-state index is -3.53. The molecule has 0 atom stereocenters. The van der Waals surface area contributed by atoms with Crippen LogP contribution in [0.4, 0.5) is 0 Å². The van der Waals surface area contributed by atoms with Gasteiger partial charge in [0.05, 0.1) is 4.90 Å². The van der Waals surface area contributed by atoms with Crippen molar-refractivity contribution in [3.05, 3.63) is 59.2 Å². The van der Waals surface area contributed by atoms with E-state index in [1.54, 1.807) is 24.3 Å². The summed E-state index contributed by atoms with van der Waals surface area (Å²) in [5, 5.41) is 12.7. The van der Waals surface area contributed by atoms with E-state index in [1.807, 2.05) is 18.2 Å². The molecule has 1 heterocycles. The minimum Gasteiger partial charge on any atom is -0.508 e. The summed E-state index contributed by atoms with van der Waals surface area (Å²) in [5.41, 5.74) is 3.06. The van der Waals surface area contributed by atoms with Crippen LogP contribution in [0.25, 0.3) is 0 Å². The monoisotopic (exact) mass is 414 g/mol. The summed E-state index contributed by atoms with van der Waals surface area (Å²) in [5.74, 6) is -0.154. The largest absolute Gasteiger partial charge is 0.508 e. The number of phenolic OH excluding ortho intramolecular Hbond substituents is 1. The number of carbonyl (C=O) groups is 1. The number of benzene rings is 2. The molecule has 4 rings (SSSR count). The molecule has 1 aliphatic heterocycles. The third-order valence-electron chi connectivity index (χ3n) is 5.98. The maximum absolute atomic E-state index is 13.0. The number of rotatable bonds is 5. The fourth-order valence-corrected chi connectivity index (χ4v) is 5.72. The number of nitrogens with zero attached hydrogens (tertiary/aromatic N) is 1. The molecule has 2 N–H and O–H groups in total. The second-order valence-electron chi connectivity index (χ2n) is 7.81. The van der Waals surface area contributed by atoms with Crippen molar-refractivity contribution in [2.75, 3.05) is 13.1 Å². The van der Waals surface area contributed by atoms with Crippen LogP contribution >= 0.6 is 0 Å². The third-order valence-corrected chi connectivity index (χ3v) is 7.87. The van der Waals surface area contributed by atoms with Crippen LogP contribution in [0.3, 0.4) is 0 Å². The highest BCUT2D eigenvalue weighted by atomic mass is 32.2. The average Bonchev–Trinajstić information content (AvgIpc) is 3.21. The second kappa shape index (κ2) is 8.16. The molecule has 1 fully saturated rings. The van der Waals surface area contributed by atoms with E-state index >= 15 is 0 Å². The number of carbonyl (C=O) groups excluding carboxylic acids is 1. The van der Waals surface area contributed by atoms with Crippen LogP contribution in [0.5, 0.6) is 5.75 Å². The molecule has 0 spiro atoms. The molecule has 0 saturated carbocycles. The number of para-hydroxylation sites is 1. The van der Waals surface area contributed by atoms with Gasteiger partial charge in [-0.25, -0.2) is 8.42 Å². The van der Waals surface area contributed by atoms with Crippen molar-refractivity contribution in [1.29, 1.82) is 0 Å². The van der Waals surface area contributed by atoms with Crippen molar-refractivity contribution < 1.29 is 18.3 Å². The average molecular weight is 415 g/mol. The number of sulfonamides is 1. The standard InChI is InChI=1S/C22H26N2O4S/c25-21-7-2-1-4-19(21)15-23-22(26)17-10-12-24(13-11-17)29(27,28)20-9-8-16-5-3-6-18(16)14-20/h1-2,4,7-9,14,17,25H,3,5-6,10-13,15H2,(H,23,26). The first kappa shape index (κ1) is 19.9. The summed E-state index contributed by atoms with van der Waals surface area (Å²) in [6, 6.07) is 12.4. The van der Waals surface area contributed by atoms with E-state index in [2.05, 4.69) is 5.32 Å². The van der Waals surface area contributed by atoms with E-state index in [-0.39, 0.29) is 24.1 Å². The topological polar surface area (TPSA) is 86.7 Å². The maximum Gasteiger partial charge on any atom is 0.243 e. The zero-order chi connectivity index (χ0) is 20.4. The summed E-state index contributed by atoms with van der Waals surface area (Å²) in [6.07, 6.45) is 4.04. The van der Waals surface area contributed by atoms with Gasteiger partial charge in [0.1, 0.15) is 5.75 Å². The Morgan fingerprint density at radius 2 is 1.79 bits per heavy atom. The first-order valence-electron chi connectivity index (χ1n) is 10.1. The van der Waals surface area contributed by atoms with Gasteiger partial charge in [-0.3, -0.25) is 4.79 Å². The second-order valence-corrected chi connectivity index (χ2v) is 9.75. The van der Waals surface area contributed by atoms with Gasteiger partial charge in [-0.1, -0.05) is 24.3 Å². The molecule has 2 aromatic carbocycles. The smallest absolute Gasteiger partial charge is 0.243 e. The predicted octanol–water partition coefficient (Wildman–Crippen LogP) is 2.60. The predicted molar refractivity (Wildman–Crippen MR) is 110 cm³/mol.